The zero-order valence-corrected chi connectivity index (χ0v) is 15.2. The number of benzene rings is 2. The van der Waals surface area contributed by atoms with Gasteiger partial charge in [-0.3, -0.25) is 9.48 Å². The highest BCUT2D eigenvalue weighted by molar-refractivity contribution is 5.71. The maximum absolute atomic E-state index is 12.1. The summed E-state index contributed by atoms with van der Waals surface area (Å²) in [5.74, 6) is -1.02. The van der Waals surface area contributed by atoms with Crippen LogP contribution in [-0.4, -0.2) is 26.9 Å². The van der Waals surface area contributed by atoms with Gasteiger partial charge in [0.1, 0.15) is 6.61 Å². The van der Waals surface area contributed by atoms with Crippen molar-refractivity contribution >= 4 is 12.1 Å². The lowest BCUT2D eigenvalue weighted by Gasteiger charge is -2.15. The number of nitrogens with one attached hydrogen (secondary N) is 1. The predicted octanol–water partition coefficient (Wildman–Crippen LogP) is 3.37. The third-order valence-electron chi connectivity index (χ3n) is 4.13. The van der Waals surface area contributed by atoms with E-state index in [-0.39, 0.29) is 13.0 Å². The highest BCUT2D eigenvalue weighted by Gasteiger charge is 2.20. The molecule has 0 saturated carbocycles. The quantitative estimate of drug-likeness (QED) is 0.626. The summed E-state index contributed by atoms with van der Waals surface area (Å²) in [5, 5.41) is 16.1. The molecule has 3 aromatic rings. The molecule has 2 aromatic carbocycles. The van der Waals surface area contributed by atoms with E-state index < -0.39 is 18.1 Å². The average Bonchev–Trinajstić information content (AvgIpc) is 3.16. The van der Waals surface area contributed by atoms with Gasteiger partial charge in [0.2, 0.25) is 0 Å². The molecule has 0 saturated heterocycles. The molecule has 0 aliphatic heterocycles. The molecule has 0 spiro atoms. The second-order valence-corrected chi connectivity index (χ2v) is 6.31. The molecule has 0 aliphatic rings. The molecule has 1 atom stereocenters. The summed E-state index contributed by atoms with van der Waals surface area (Å²) in [6, 6.07) is 18.3. The normalized spacial score (nSPS) is 11.6. The highest BCUT2D eigenvalue weighted by Crippen LogP contribution is 2.17. The molecule has 1 unspecified atom stereocenters. The Morgan fingerprint density at radius 3 is 2.32 bits per heavy atom. The van der Waals surface area contributed by atoms with Crippen LogP contribution in [0.4, 0.5) is 4.79 Å². The lowest BCUT2D eigenvalue weighted by molar-refractivity contribution is -0.137. The zero-order chi connectivity index (χ0) is 19.8. The molecule has 3 rings (SSSR count). The molecule has 28 heavy (non-hydrogen) atoms. The van der Waals surface area contributed by atoms with E-state index in [1.165, 1.54) is 0 Å². The van der Waals surface area contributed by atoms with Crippen molar-refractivity contribution in [1.82, 2.24) is 15.1 Å². The summed E-state index contributed by atoms with van der Waals surface area (Å²) in [6.45, 7) is 0.665. The van der Waals surface area contributed by atoms with E-state index in [0.717, 1.165) is 11.1 Å². The van der Waals surface area contributed by atoms with Crippen molar-refractivity contribution in [2.75, 3.05) is 0 Å². The summed E-state index contributed by atoms with van der Waals surface area (Å²) in [4.78, 5) is 23.3. The molecule has 0 fully saturated rings. The number of hydrogen-bond donors (Lipinski definition) is 2. The standard InChI is InChI=1S/C21H21N3O4/c25-20(26)11-19(23-21(27)28-15-17-9-5-2-6-10-17)18-12-22-24(14-18)13-16-7-3-1-4-8-16/h1-10,12,14,19H,11,13,15H2,(H,23,27)(H,25,26). The zero-order valence-electron chi connectivity index (χ0n) is 15.2. The number of carboxylic acid groups (broad SMARTS) is 1. The maximum Gasteiger partial charge on any atom is 0.407 e. The van der Waals surface area contributed by atoms with Crippen LogP contribution in [0.15, 0.2) is 73.1 Å². The molecule has 7 nitrogen and oxygen atoms in total. The van der Waals surface area contributed by atoms with Gasteiger partial charge in [-0.1, -0.05) is 60.7 Å². The van der Waals surface area contributed by atoms with E-state index in [9.17, 15) is 14.7 Å². The van der Waals surface area contributed by atoms with E-state index >= 15 is 0 Å². The number of amides is 1. The summed E-state index contributed by atoms with van der Waals surface area (Å²) >= 11 is 0. The van der Waals surface area contributed by atoms with Crippen molar-refractivity contribution in [3.63, 3.8) is 0 Å². The predicted molar refractivity (Wildman–Crippen MR) is 103 cm³/mol. The molecule has 144 valence electrons. The number of ether oxygens (including phenoxy) is 1. The number of aliphatic carboxylic acids is 1. The van der Waals surface area contributed by atoms with E-state index in [2.05, 4.69) is 10.4 Å². The number of alkyl carbamates (subject to hydrolysis) is 1. The van der Waals surface area contributed by atoms with Gasteiger partial charge in [0.25, 0.3) is 0 Å². The van der Waals surface area contributed by atoms with Gasteiger partial charge in [-0.15, -0.1) is 0 Å². The van der Waals surface area contributed by atoms with Crippen LogP contribution < -0.4 is 5.32 Å². The SMILES string of the molecule is O=C(O)CC(NC(=O)OCc1ccccc1)c1cnn(Cc2ccccc2)c1. The third-order valence-corrected chi connectivity index (χ3v) is 4.13. The summed E-state index contributed by atoms with van der Waals surface area (Å²) < 4.78 is 6.90. The van der Waals surface area contributed by atoms with Gasteiger partial charge in [0.15, 0.2) is 0 Å². The minimum atomic E-state index is -1.02. The van der Waals surface area contributed by atoms with Crippen molar-refractivity contribution < 1.29 is 19.4 Å². The topological polar surface area (TPSA) is 93.5 Å². The monoisotopic (exact) mass is 379 g/mol. The van der Waals surface area contributed by atoms with Crippen LogP contribution in [0.5, 0.6) is 0 Å². The summed E-state index contributed by atoms with van der Waals surface area (Å²) in [5.41, 5.74) is 2.53. The van der Waals surface area contributed by atoms with Crippen LogP contribution in [0.3, 0.4) is 0 Å². The Kier molecular flexibility index (Phi) is 6.41. The van der Waals surface area contributed by atoms with E-state index in [0.29, 0.717) is 12.1 Å². The molecule has 1 amide bonds. The number of carbonyl (C=O) groups excluding carboxylic acids is 1. The second kappa shape index (κ2) is 9.36. The Hall–Kier alpha value is -3.61. The first-order chi connectivity index (χ1) is 13.6. The lowest BCUT2D eigenvalue weighted by Crippen LogP contribution is -2.30. The second-order valence-electron chi connectivity index (χ2n) is 6.31. The van der Waals surface area contributed by atoms with Gasteiger partial charge in [-0.25, -0.2) is 4.79 Å². The van der Waals surface area contributed by atoms with Crippen LogP contribution in [0.25, 0.3) is 0 Å². The number of carboxylic acids is 1. The maximum atomic E-state index is 12.1. The molecule has 1 heterocycles. The molecular weight excluding hydrogens is 358 g/mol. The van der Waals surface area contributed by atoms with Crippen molar-refractivity contribution in [1.29, 1.82) is 0 Å². The van der Waals surface area contributed by atoms with Crippen LogP contribution in [-0.2, 0) is 22.7 Å². The van der Waals surface area contributed by atoms with Crippen molar-refractivity contribution in [3.8, 4) is 0 Å². The molecule has 0 bridgehead atoms. The van der Waals surface area contributed by atoms with Crippen molar-refractivity contribution in [3.05, 3.63) is 89.7 Å². The van der Waals surface area contributed by atoms with Crippen molar-refractivity contribution in [2.45, 2.75) is 25.6 Å². The minimum Gasteiger partial charge on any atom is -0.481 e. The fourth-order valence-electron chi connectivity index (χ4n) is 2.75. The largest absolute Gasteiger partial charge is 0.481 e. The number of hydrogen-bond acceptors (Lipinski definition) is 4. The fraction of sp³-hybridized carbons (Fsp3) is 0.190. The number of aromatic nitrogens is 2. The Morgan fingerprint density at radius 1 is 1.04 bits per heavy atom. The van der Waals surface area contributed by atoms with E-state index in [4.69, 9.17) is 4.74 Å². The third kappa shape index (κ3) is 5.70. The first kappa shape index (κ1) is 19.2. The minimum absolute atomic E-state index is 0.111. The Morgan fingerprint density at radius 2 is 1.68 bits per heavy atom. The Labute approximate surface area is 162 Å². The molecular formula is C21H21N3O4. The first-order valence-electron chi connectivity index (χ1n) is 8.85. The number of rotatable bonds is 8. The van der Waals surface area contributed by atoms with Gasteiger partial charge >= 0.3 is 12.1 Å². The van der Waals surface area contributed by atoms with Gasteiger partial charge in [-0.05, 0) is 11.1 Å². The smallest absolute Gasteiger partial charge is 0.407 e. The Balaban J connectivity index is 1.63. The van der Waals surface area contributed by atoms with Gasteiger partial charge < -0.3 is 15.2 Å². The average molecular weight is 379 g/mol. The number of carbonyl (C=O) groups is 2. The molecule has 7 heteroatoms. The first-order valence-corrected chi connectivity index (χ1v) is 8.85. The van der Waals surface area contributed by atoms with Crippen LogP contribution in [0.2, 0.25) is 0 Å². The highest BCUT2D eigenvalue weighted by atomic mass is 16.5. The van der Waals surface area contributed by atoms with Gasteiger partial charge in [0.05, 0.1) is 25.2 Å². The van der Waals surface area contributed by atoms with Crippen LogP contribution >= 0.6 is 0 Å². The Bertz CT molecular complexity index is 910. The molecule has 0 aliphatic carbocycles. The van der Waals surface area contributed by atoms with E-state index in [1.807, 2.05) is 60.7 Å². The van der Waals surface area contributed by atoms with Crippen LogP contribution in [0.1, 0.15) is 29.2 Å². The van der Waals surface area contributed by atoms with Gasteiger partial charge in [0, 0.05) is 11.8 Å². The molecule has 2 N–H and O–H groups in total. The molecule has 0 radical (unpaired) electrons. The summed E-state index contributed by atoms with van der Waals surface area (Å²) in [6.07, 6.45) is 2.36. The van der Waals surface area contributed by atoms with Gasteiger partial charge in [-0.2, -0.15) is 5.10 Å². The summed E-state index contributed by atoms with van der Waals surface area (Å²) in [7, 11) is 0. The van der Waals surface area contributed by atoms with Crippen molar-refractivity contribution in [2.24, 2.45) is 0 Å². The molecule has 1 aromatic heterocycles. The van der Waals surface area contributed by atoms with Crippen LogP contribution in [0, 0.1) is 0 Å². The lowest BCUT2D eigenvalue weighted by atomic mass is 10.1. The number of nitrogens with zero attached hydrogens (tertiary/aromatic N) is 2. The van der Waals surface area contributed by atoms with E-state index in [1.54, 1.807) is 17.1 Å². The fourth-order valence-corrected chi connectivity index (χ4v) is 2.75.